The van der Waals surface area contributed by atoms with Gasteiger partial charge in [-0.3, -0.25) is 0 Å². The molecule has 2 heteroatoms. The van der Waals surface area contributed by atoms with Crippen LogP contribution in [0, 0.1) is 5.92 Å². The van der Waals surface area contributed by atoms with Gasteiger partial charge in [0.05, 0.1) is 6.61 Å². The Morgan fingerprint density at radius 2 is 1.95 bits per heavy atom. The SMILES string of the molecule is CCCNC(CC)c1ccc(OCCC2CCC2)cc1. The van der Waals surface area contributed by atoms with Crippen molar-refractivity contribution in [3.63, 3.8) is 0 Å². The zero-order valence-electron chi connectivity index (χ0n) is 13.0. The Morgan fingerprint density at radius 1 is 1.20 bits per heavy atom. The van der Waals surface area contributed by atoms with E-state index in [1.54, 1.807) is 0 Å². The summed E-state index contributed by atoms with van der Waals surface area (Å²) < 4.78 is 5.84. The van der Waals surface area contributed by atoms with E-state index in [1.165, 1.54) is 37.7 Å². The molecule has 0 aliphatic heterocycles. The summed E-state index contributed by atoms with van der Waals surface area (Å²) >= 11 is 0. The second-order valence-electron chi connectivity index (χ2n) is 5.92. The molecule has 112 valence electrons. The molecule has 1 aromatic carbocycles. The van der Waals surface area contributed by atoms with Gasteiger partial charge in [0.25, 0.3) is 0 Å². The summed E-state index contributed by atoms with van der Waals surface area (Å²) in [5.41, 5.74) is 1.37. The van der Waals surface area contributed by atoms with Crippen LogP contribution in [0.2, 0.25) is 0 Å². The Morgan fingerprint density at radius 3 is 2.50 bits per heavy atom. The van der Waals surface area contributed by atoms with Crippen LogP contribution in [0.25, 0.3) is 0 Å². The number of nitrogens with one attached hydrogen (secondary N) is 1. The highest BCUT2D eigenvalue weighted by atomic mass is 16.5. The van der Waals surface area contributed by atoms with Gasteiger partial charge in [-0.1, -0.05) is 45.2 Å². The van der Waals surface area contributed by atoms with Crippen LogP contribution in [0.5, 0.6) is 5.75 Å². The van der Waals surface area contributed by atoms with E-state index in [0.29, 0.717) is 6.04 Å². The van der Waals surface area contributed by atoms with Crippen molar-refractivity contribution in [3.05, 3.63) is 29.8 Å². The molecule has 1 aliphatic carbocycles. The number of rotatable bonds is 9. The largest absolute Gasteiger partial charge is 0.494 e. The van der Waals surface area contributed by atoms with Crippen LogP contribution >= 0.6 is 0 Å². The summed E-state index contributed by atoms with van der Waals surface area (Å²) in [6, 6.07) is 9.11. The highest BCUT2D eigenvalue weighted by molar-refractivity contribution is 5.29. The summed E-state index contributed by atoms with van der Waals surface area (Å²) in [4.78, 5) is 0. The van der Waals surface area contributed by atoms with Crippen molar-refractivity contribution in [1.29, 1.82) is 0 Å². The summed E-state index contributed by atoms with van der Waals surface area (Å²) in [5.74, 6) is 1.94. The molecule has 2 nitrogen and oxygen atoms in total. The maximum absolute atomic E-state index is 5.84. The zero-order valence-corrected chi connectivity index (χ0v) is 13.0. The Hall–Kier alpha value is -1.02. The maximum Gasteiger partial charge on any atom is 0.119 e. The zero-order chi connectivity index (χ0) is 14.2. The van der Waals surface area contributed by atoms with E-state index in [2.05, 4.69) is 43.4 Å². The Kier molecular flexibility index (Phi) is 6.38. The molecule has 1 N–H and O–H groups in total. The predicted molar refractivity (Wildman–Crippen MR) is 85.2 cm³/mol. The first kappa shape index (κ1) is 15.4. The minimum Gasteiger partial charge on any atom is -0.494 e. The highest BCUT2D eigenvalue weighted by Gasteiger charge is 2.16. The summed E-state index contributed by atoms with van der Waals surface area (Å²) in [5, 5.41) is 3.59. The minimum atomic E-state index is 0.471. The van der Waals surface area contributed by atoms with Crippen LogP contribution in [0.15, 0.2) is 24.3 Å². The third-order valence-corrected chi connectivity index (χ3v) is 4.35. The topological polar surface area (TPSA) is 21.3 Å². The third-order valence-electron chi connectivity index (χ3n) is 4.35. The summed E-state index contributed by atoms with van der Waals surface area (Å²) in [6.45, 7) is 6.39. The molecule has 1 saturated carbocycles. The Labute approximate surface area is 123 Å². The molecule has 1 unspecified atom stereocenters. The Bertz CT molecular complexity index is 370. The lowest BCUT2D eigenvalue weighted by Crippen LogP contribution is -2.21. The number of hydrogen-bond acceptors (Lipinski definition) is 2. The van der Waals surface area contributed by atoms with Gasteiger partial charge in [0, 0.05) is 6.04 Å². The van der Waals surface area contributed by atoms with E-state index < -0.39 is 0 Å². The van der Waals surface area contributed by atoms with Gasteiger partial charge in [0.2, 0.25) is 0 Å². The molecule has 1 aliphatic rings. The van der Waals surface area contributed by atoms with Crippen LogP contribution in [0.4, 0.5) is 0 Å². The quantitative estimate of drug-likeness (QED) is 0.705. The first-order valence-corrected chi connectivity index (χ1v) is 8.29. The molecule has 0 aromatic heterocycles. The lowest BCUT2D eigenvalue weighted by atomic mass is 9.83. The van der Waals surface area contributed by atoms with Crippen molar-refractivity contribution in [2.75, 3.05) is 13.2 Å². The molecule has 0 radical (unpaired) electrons. The number of benzene rings is 1. The molecule has 0 spiro atoms. The average molecular weight is 275 g/mol. The van der Waals surface area contributed by atoms with Crippen molar-refractivity contribution >= 4 is 0 Å². The van der Waals surface area contributed by atoms with Gasteiger partial charge in [-0.2, -0.15) is 0 Å². The molecule has 0 heterocycles. The maximum atomic E-state index is 5.84. The molecule has 20 heavy (non-hydrogen) atoms. The first-order valence-electron chi connectivity index (χ1n) is 8.29. The lowest BCUT2D eigenvalue weighted by molar-refractivity contribution is 0.222. The smallest absolute Gasteiger partial charge is 0.119 e. The van der Waals surface area contributed by atoms with Gasteiger partial charge in [0.1, 0.15) is 5.75 Å². The number of ether oxygens (including phenoxy) is 1. The van der Waals surface area contributed by atoms with E-state index in [9.17, 15) is 0 Å². The van der Waals surface area contributed by atoms with Crippen molar-refractivity contribution in [2.45, 2.75) is 58.4 Å². The van der Waals surface area contributed by atoms with Crippen LogP contribution in [-0.2, 0) is 0 Å². The minimum absolute atomic E-state index is 0.471. The molecule has 0 bridgehead atoms. The van der Waals surface area contributed by atoms with Crippen LogP contribution in [0.1, 0.15) is 64.0 Å². The second kappa shape index (κ2) is 8.31. The fourth-order valence-corrected chi connectivity index (χ4v) is 2.74. The van der Waals surface area contributed by atoms with Gasteiger partial charge >= 0.3 is 0 Å². The molecule has 1 fully saturated rings. The molecule has 0 saturated heterocycles. The van der Waals surface area contributed by atoms with Crippen molar-refractivity contribution < 1.29 is 4.74 Å². The van der Waals surface area contributed by atoms with E-state index in [1.807, 2.05) is 0 Å². The fourth-order valence-electron chi connectivity index (χ4n) is 2.74. The highest BCUT2D eigenvalue weighted by Crippen LogP contribution is 2.29. The second-order valence-corrected chi connectivity index (χ2v) is 5.92. The van der Waals surface area contributed by atoms with Gasteiger partial charge < -0.3 is 10.1 Å². The molecular weight excluding hydrogens is 246 g/mol. The van der Waals surface area contributed by atoms with Gasteiger partial charge in [-0.05, 0) is 49.4 Å². The van der Waals surface area contributed by atoms with E-state index >= 15 is 0 Å². The summed E-state index contributed by atoms with van der Waals surface area (Å²) in [7, 11) is 0. The normalized spacial score (nSPS) is 16.7. The molecule has 1 atom stereocenters. The average Bonchev–Trinajstić information content (AvgIpc) is 2.44. The summed E-state index contributed by atoms with van der Waals surface area (Å²) in [6.07, 6.45) is 7.76. The third kappa shape index (κ3) is 4.52. The lowest BCUT2D eigenvalue weighted by Gasteiger charge is -2.25. The van der Waals surface area contributed by atoms with Crippen molar-refractivity contribution in [3.8, 4) is 5.75 Å². The molecular formula is C18H29NO. The van der Waals surface area contributed by atoms with Gasteiger partial charge in [0.15, 0.2) is 0 Å². The predicted octanol–water partition coefficient (Wildman–Crippen LogP) is 4.71. The van der Waals surface area contributed by atoms with Gasteiger partial charge in [-0.15, -0.1) is 0 Å². The standard InChI is InChI=1S/C18H29NO/c1-3-13-19-18(4-2)16-8-10-17(11-9-16)20-14-12-15-6-5-7-15/h8-11,15,18-19H,3-7,12-14H2,1-2H3. The molecule has 1 aromatic rings. The fraction of sp³-hybridized carbons (Fsp3) is 0.667. The Balaban J connectivity index is 1.78. The first-order chi connectivity index (χ1) is 9.83. The molecule has 2 rings (SSSR count). The van der Waals surface area contributed by atoms with Crippen molar-refractivity contribution in [1.82, 2.24) is 5.32 Å². The monoisotopic (exact) mass is 275 g/mol. The van der Waals surface area contributed by atoms with Crippen molar-refractivity contribution in [2.24, 2.45) is 5.92 Å². The number of hydrogen-bond donors (Lipinski definition) is 1. The van der Waals surface area contributed by atoms with Crippen LogP contribution in [0.3, 0.4) is 0 Å². The van der Waals surface area contributed by atoms with E-state index in [4.69, 9.17) is 4.74 Å². The van der Waals surface area contributed by atoms with Crippen LogP contribution in [-0.4, -0.2) is 13.2 Å². The van der Waals surface area contributed by atoms with Crippen LogP contribution < -0.4 is 10.1 Å². The molecule has 0 amide bonds. The van der Waals surface area contributed by atoms with E-state index in [-0.39, 0.29) is 0 Å². The van der Waals surface area contributed by atoms with E-state index in [0.717, 1.165) is 31.2 Å². The van der Waals surface area contributed by atoms with Gasteiger partial charge in [-0.25, -0.2) is 0 Å².